The van der Waals surface area contributed by atoms with Crippen LogP contribution in [0.15, 0.2) is 45.7 Å². The SMILES string of the molecule is CCn1ccc(-c2cc(C(=O)NC(C)CCc3ccco3)c3c(C)noc3n2)n1. The highest BCUT2D eigenvalue weighted by Crippen LogP contribution is 2.26. The average molecular weight is 393 g/mol. The van der Waals surface area contributed by atoms with Crippen molar-refractivity contribution in [1.29, 1.82) is 0 Å². The molecule has 0 aliphatic carbocycles. The summed E-state index contributed by atoms with van der Waals surface area (Å²) in [6, 6.07) is 7.39. The molecule has 0 saturated heterocycles. The van der Waals surface area contributed by atoms with Gasteiger partial charge >= 0.3 is 0 Å². The molecule has 150 valence electrons. The number of nitrogens with zero attached hydrogens (tertiary/aromatic N) is 4. The molecule has 1 N–H and O–H groups in total. The van der Waals surface area contributed by atoms with Crippen LogP contribution in [0.3, 0.4) is 0 Å². The van der Waals surface area contributed by atoms with E-state index in [1.807, 2.05) is 42.9 Å². The molecule has 0 aliphatic rings. The Bertz CT molecular complexity index is 1130. The van der Waals surface area contributed by atoms with Gasteiger partial charge in [0.1, 0.15) is 11.5 Å². The molecule has 0 saturated carbocycles. The highest BCUT2D eigenvalue weighted by molar-refractivity contribution is 6.07. The van der Waals surface area contributed by atoms with Crippen molar-refractivity contribution in [3.8, 4) is 11.4 Å². The number of hydrogen-bond acceptors (Lipinski definition) is 6. The minimum absolute atomic E-state index is 0.0290. The Labute approximate surface area is 167 Å². The van der Waals surface area contributed by atoms with Gasteiger partial charge in [-0.3, -0.25) is 9.48 Å². The molecule has 0 fully saturated rings. The van der Waals surface area contributed by atoms with E-state index in [1.165, 1.54) is 0 Å². The molecule has 0 aromatic carbocycles. The first-order chi connectivity index (χ1) is 14.0. The smallest absolute Gasteiger partial charge is 0.259 e. The molecule has 4 aromatic rings. The largest absolute Gasteiger partial charge is 0.469 e. The quantitative estimate of drug-likeness (QED) is 0.513. The van der Waals surface area contributed by atoms with E-state index in [0.29, 0.717) is 33.7 Å². The van der Waals surface area contributed by atoms with Crippen molar-refractivity contribution in [2.45, 2.75) is 46.2 Å². The number of hydrogen-bond donors (Lipinski definition) is 1. The lowest BCUT2D eigenvalue weighted by atomic mass is 10.1. The number of fused-ring (bicyclic) bond motifs is 1. The zero-order valence-electron chi connectivity index (χ0n) is 16.7. The van der Waals surface area contributed by atoms with Gasteiger partial charge in [0.25, 0.3) is 11.6 Å². The number of aryl methyl sites for hydroxylation is 3. The van der Waals surface area contributed by atoms with Gasteiger partial charge in [-0.2, -0.15) is 5.10 Å². The van der Waals surface area contributed by atoms with Gasteiger partial charge in [-0.15, -0.1) is 0 Å². The van der Waals surface area contributed by atoms with E-state index in [4.69, 9.17) is 8.94 Å². The van der Waals surface area contributed by atoms with Gasteiger partial charge in [0.2, 0.25) is 0 Å². The van der Waals surface area contributed by atoms with E-state index in [2.05, 4.69) is 20.6 Å². The van der Waals surface area contributed by atoms with Crippen LogP contribution in [-0.4, -0.2) is 31.9 Å². The van der Waals surface area contributed by atoms with Crippen molar-refractivity contribution in [3.05, 3.63) is 53.7 Å². The molecule has 29 heavy (non-hydrogen) atoms. The summed E-state index contributed by atoms with van der Waals surface area (Å²) >= 11 is 0. The van der Waals surface area contributed by atoms with Crippen LogP contribution >= 0.6 is 0 Å². The third-order valence-corrected chi connectivity index (χ3v) is 4.87. The lowest BCUT2D eigenvalue weighted by Crippen LogP contribution is -2.33. The van der Waals surface area contributed by atoms with Crippen LogP contribution in [-0.2, 0) is 13.0 Å². The van der Waals surface area contributed by atoms with Gasteiger partial charge in [0.15, 0.2) is 0 Å². The minimum atomic E-state index is -0.188. The predicted molar refractivity (Wildman–Crippen MR) is 107 cm³/mol. The van der Waals surface area contributed by atoms with Crippen molar-refractivity contribution in [1.82, 2.24) is 25.2 Å². The molecule has 8 nitrogen and oxygen atoms in total. The molecule has 0 aliphatic heterocycles. The summed E-state index contributed by atoms with van der Waals surface area (Å²) < 4.78 is 12.5. The number of carbonyl (C=O) groups excluding carboxylic acids is 1. The molecule has 4 heterocycles. The van der Waals surface area contributed by atoms with Gasteiger partial charge in [0, 0.05) is 25.2 Å². The second-order valence-corrected chi connectivity index (χ2v) is 7.05. The topological polar surface area (TPSA) is 99.0 Å². The Hall–Kier alpha value is -3.42. The highest BCUT2D eigenvalue weighted by Gasteiger charge is 2.21. The van der Waals surface area contributed by atoms with E-state index in [-0.39, 0.29) is 11.9 Å². The maximum atomic E-state index is 13.1. The zero-order chi connectivity index (χ0) is 20.4. The van der Waals surface area contributed by atoms with Crippen molar-refractivity contribution in [3.63, 3.8) is 0 Å². The van der Waals surface area contributed by atoms with Crippen molar-refractivity contribution in [2.75, 3.05) is 0 Å². The number of furan rings is 1. The fraction of sp³-hybridized carbons (Fsp3) is 0.333. The zero-order valence-corrected chi connectivity index (χ0v) is 16.7. The van der Waals surface area contributed by atoms with Crippen LogP contribution < -0.4 is 5.32 Å². The number of rotatable bonds is 7. The maximum absolute atomic E-state index is 13.1. The summed E-state index contributed by atoms with van der Waals surface area (Å²) in [6.45, 7) is 6.54. The van der Waals surface area contributed by atoms with Crippen LogP contribution in [0.25, 0.3) is 22.5 Å². The average Bonchev–Trinajstić information content (AvgIpc) is 3.47. The minimum Gasteiger partial charge on any atom is -0.469 e. The van der Waals surface area contributed by atoms with Crippen LogP contribution in [0.4, 0.5) is 0 Å². The predicted octanol–water partition coefficient (Wildman–Crippen LogP) is 3.76. The number of pyridine rings is 1. The fourth-order valence-corrected chi connectivity index (χ4v) is 3.27. The molecular weight excluding hydrogens is 370 g/mol. The van der Waals surface area contributed by atoms with E-state index < -0.39 is 0 Å². The van der Waals surface area contributed by atoms with Crippen LogP contribution in [0.2, 0.25) is 0 Å². The number of aromatic nitrogens is 4. The Kier molecular flexibility index (Phi) is 5.16. The first kappa shape index (κ1) is 18.9. The summed E-state index contributed by atoms with van der Waals surface area (Å²) in [5.41, 5.74) is 2.71. The van der Waals surface area contributed by atoms with Crippen molar-refractivity contribution in [2.24, 2.45) is 0 Å². The van der Waals surface area contributed by atoms with Gasteiger partial charge in [-0.05, 0) is 51.5 Å². The second-order valence-electron chi connectivity index (χ2n) is 7.05. The molecule has 4 aromatic heterocycles. The molecule has 8 heteroatoms. The summed E-state index contributed by atoms with van der Waals surface area (Å²) in [5, 5.41) is 12.2. The Morgan fingerprint density at radius 2 is 2.17 bits per heavy atom. The maximum Gasteiger partial charge on any atom is 0.259 e. The summed E-state index contributed by atoms with van der Waals surface area (Å²) in [6.07, 6.45) is 5.06. The van der Waals surface area contributed by atoms with E-state index in [1.54, 1.807) is 19.3 Å². The first-order valence-electron chi connectivity index (χ1n) is 9.69. The van der Waals surface area contributed by atoms with Crippen LogP contribution in [0, 0.1) is 6.92 Å². The molecule has 1 unspecified atom stereocenters. The van der Waals surface area contributed by atoms with Crippen LogP contribution in [0.5, 0.6) is 0 Å². The lowest BCUT2D eigenvalue weighted by molar-refractivity contribution is 0.0939. The van der Waals surface area contributed by atoms with E-state index in [9.17, 15) is 4.79 Å². The van der Waals surface area contributed by atoms with Gasteiger partial charge in [0.05, 0.1) is 28.6 Å². The Morgan fingerprint density at radius 3 is 2.90 bits per heavy atom. The number of carbonyl (C=O) groups is 1. The van der Waals surface area contributed by atoms with Crippen molar-refractivity contribution >= 4 is 17.0 Å². The fourth-order valence-electron chi connectivity index (χ4n) is 3.27. The van der Waals surface area contributed by atoms with Gasteiger partial charge < -0.3 is 14.3 Å². The van der Waals surface area contributed by atoms with E-state index >= 15 is 0 Å². The molecular formula is C21H23N5O3. The van der Waals surface area contributed by atoms with Gasteiger partial charge in [-0.25, -0.2) is 4.98 Å². The Balaban J connectivity index is 1.60. The Morgan fingerprint density at radius 1 is 1.31 bits per heavy atom. The lowest BCUT2D eigenvalue weighted by Gasteiger charge is -2.14. The summed E-state index contributed by atoms with van der Waals surface area (Å²) in [5.74, 6) is 0.716. The molecule has 1 amide bonds. The normalized spacial score (nSPS) is 12.4. The molecule has 0 spiro atoms. The second kappa shape index (κ2) is 7.90. The van der Waals surface area contributed by atoms with E-state index in [0.717, 1.165) is 25.1 Å². The number of nitrogens with one attached hydrogen (secondary N) is 1. The van der Waals surface area contributed by atoms with Crippen molar-refractivity contribution < 1.29 is 13.7 Å². The standard InChI is InChI=1S/C21H23N5O3/c1-4-26-10-9-17(24-26)18-12-16(19-14(3)25-29-21(19)23-18)20(27)22-13(2)7-8-15-6-5-11-28-15/h5-6,9-13H,4,7-8H2,1-3H3,(H,22,27). The molecule has 0 radical (unpaired) electrons. The van der Waals surface area contributed by atoms with Crippen LogP contribution in [0.1, 0.15) is 42.1 Å². The highest BCUT2D eigenvalue weighted by atomic mass is 16.5. The summed E-state index contributed by atoms with van der Waals surface area (Å²) in [4.78, 5) is 17.6. The first-order valence-corrected chi connectivity index (χ1v) is 9.69. The molecule has 0 bridgehead atoms. The van der Waals surface area contributed by atoms with Gasteiger partial charge in [-0.1, -0.05) is 5.16 Å². The summed E-state index contributed by atoms with van der Waals surface area (Å²) in [7, 11) is 0. The third-order valence-electron chi connectivity index (χ3n) is 4.87. The molecule has 1 atom stereocenters. The monoisotopic (exact) mass is 393 g/mol. The molecule has 4 rings (SSSR count). The third kappa shape index (κ3) is 3.91. The number of amides is 1.